The number of aromatic nitrogens is 3. The fourth-order valence-electron chi connectivity index (χ4n) is 2.55. The maximum Gasteiger partial charge on any atom is 0.242 e. The molecule has 6 heteroatoms. The summed E-state index contributed by atoms with van der Waals surface area (Å²) in [6.07, 6.45) is 0. The Morgan fingerprint density at radius 3 is 2.71 bits per heavy atom. The SMILES string of the molecule is Cc1cc(C)n(CC(=O)NC(C)c2nc(-c3ccccc3)cs2)n1. The molecule has 0 fully saturated rings. The van der Waals surface area contributed by atoms with E-state index in [2.05, 4.69) is 15.4 Å². The summed E-state index contributed by atoms with van der Waals surface area (Å²) in [5.74, 6) is -0.0647. The number of hydrogen-bond donors (Lipinski definition) is 1. The van der Waals surface area contributed by atoms with E-state index >= 15 is 0 Å². The lowest BCUT2D eigenvalue weighted by Gasteiger charge is -2.12. The molecule has 0 bridgehead atoms. The van der Waals surface area contributed by atoms with Crippen molar-refractivity contribution in [3.63, 3.8) is 0 Å². The Morgan fingerprint density at radius 2 is 2.04 bits per heavy atom. The summed E-state index contributed by atoms with van der Waals surface area (Å²) in [5, 5.41) is 10.2. The van der Waals surface area contributed by atoms with Gasteiger partial charge in [0.15, 0.2) is 0 Å². The van der Waals surface area contributed by atoms with Gasteiger partial charge in [0.2, 0.25) is 5.91 Å². The van der Waals surface area contributed by atoms with Crippen LogP contribution in [0.1, 0.15) is 29.4 Å². The van der Waals surface area contributed by atoms with Crippen molar-refractivity contribution in [2.24, 2.45) is 0 Å². The van der Waals surface area contributed by atoms with Crippen molar-refractivity contribution in [3.05, 3.63) is 58.2 Å². The van der Waals surface area contributed by atoms with Crippen LogP contribution in [0.3, 0.4) is 0 Å². The zero-order valence-electron chi connectivity index (χ0n) is 14.0. The Labute approximate surface area is 145 Å². The molecule has 1 aromatic carbocycles. The molecule has 24 heavy (non-hydrogen) atoms. The van der Waals surface area contributed by atoms with Crippen LogP contribution in [0.25, 0.3) is 11.3 Å². The molecule has 0 aliphatic carbocycles. The minimum atomic E-state index is -0.128. The third kappa shape index (κ3) is 3.71. The molecule has 3 rings (SSSR count). The summed E-state index contributed by atoms with van der Waals surface area (Å²) < 4.78 is 1.72. The normalized spacial score (nSPS) is 12.1. The summed E-state index contributed by atoms with van der Waals surface area (Å²) >= 11 is 1.56. The molecule has 0 saturated heterocycles. The van der Waals surface area contributed by atoms with E-state index in [0.717, 1.165) is 27.7 Å². The number of thiazole rings is 1. The molecule has 1 atom stereocenters. The second kappa shape index (κ2) is 6.97. The van der Waals surface area contributed by atoms with Crippen molar-refractivity contribution in [2.75, 3.05) is 0 Å². The Bertz CT molecular complexity index is 838. The van der Waals surface area contributed by atoms with E-state index in [4.69, 9.17) is 0 Å². The Balaban J connectivity index is 1.64. The number of hydrogen-bond acceptors (Lipinski definition) is 4. The number of rotatable bonds is 5. The minimum Gasteiger partial charge on any atom is -0.346 e. The molecule has 1 unspecified atom stereocenters. The fourth-order valence-corrected chi connectivity index (χ4v) is 3.38. The van der Waals surface area contributed by atoms with Gasteiger partial charge in [-0.3, -0.25) is 9.48 Å². The summed E-state index contributed by atoms with van der Waals surface area (Å²) in [4.78, 5) is 16.9. The van der Waals surface area contributed by atoms with E-state index in [0.29, 0.717) is 0 Å². The van der Waals surface area contributed by atoms with Crippen LogP contribution in [-0.4, -0.2) is 20.7 Å². The largest absolute Gasteiger partial charge is 0.346 e. The molecular weight excluding hydrogens is 320 g/mol. The van der Waals surface area contributed by atoms with Crippen molar-refractivity contribution in [2.45, 2.75) is 33.4 Å². The lowest BCUT2D eigenvalue weighted by atomic mass is 10.2. The molecule has 3 aromatic rings. The lowest BCUT2D eigenvalue weighted by Crippen LogP contribution is -2.30. The lowest BCUT2D eigenvalue weighted by molar-refractivity contribution is -0.122. The van der Waals surface area contributed by atoms with Crippen LogP contribution >= 0.6 is 11.3 Å². The van der Waals surface area contributed by atoms with Gasteiger partial charge in [0.1, 0.15) is 11.6 Å². The third-order valence-electron chi connectivity index (χ3n) is 3.74. The highest BCUT2D eigenvalue weighted by Gasteiger charge is 2.15. The zero-order chi connectivity index (χ0) is 17.1. The van der Waals surface area contributed by atoms with Gasteiger partial charge in [-0.05, 0) is 26.8 Å². The van der Waals surface area contributed by atoms with Crippen molar-refractivity contribution in [1.29, 1.82) is 0 Å². The first-order valence-electron chi connectivity index (χ1n) is 7.84. The zero-order valence-corrected chi connectivity index (χ0v) is 14.8. The fraction of sp³-hybridized carbons (Fsp3) is 0.278. The summed E-state index contributed by atoms with van der Waals surface area (Å²) in [5.41, 5.74) is 3.92. The van der Waals surface area contributed by atoms with Crippen molar-refractivity contribution in [3.8, 4) is 11.3 Å². The number of amides is 1. The van der Waals surface area contributed by atoms with E-state index in [9.17, 15) is 4.79 Å². The molecular formula is C18H20N4OS. The van der Waals surface area contributed by atoms with Crippen LogP contribution in [0.4, 0.5) is 0 Å². The minimum absolute atomic E-state index is 0.0647. The Morgan fingerprint density at radius 1 is 1.29 bits per heavy atom. The van der Waals surface area contributed by atoms with Crippen LogP contribution in [-0.2, 0) is 11.3 Å². The van der Waals surface area contributed by atoms with Gasteiger partial charge in [0, 0.05) is 16.6 Å². The standard InChI is InChI=1S/C18H20N4OS/c1-12-9-13(2)22(21-12)10-17(23)19-14(3)18-20-16(11-24-18)15-7-5-4-6-8-15/h4-9,11,14H,10H2,1-3H3,(H,19,23). The van der Waals surface area contributed by atoms with Gasteiger partial charge >= 0.3 is 0 Å². The molecule has 0 radical (unpaired) electrons. The number of nitrogens with zero attached hydrogens (tertiary/aromatic N) is 3. The highest BCUT2D eigenvalue weighted by Crippen LogP contribution is 2.25. The molecule has 1 amide bonds. The van der Waals surface area contributed by atoms with Gasteiger partial charge in [-0.15, -0.1) is 11.3 Å². The van der Waals surface area contributed by atoms with Crippen LogP contribution in [0.5, 0.6) is 0 Å². The summed E-state index contributed by atoms with van der Waals surface area (Å²) in [7, 11) is 0. The van der Waals surface area contributed by atoms with Gasteiger partial charge in [0.25, 0.3) is 0 Å². The van der Waals surface area contributed by atoms with Crippen molar-refractivity contribution >= 4 is 17.2 Å². The van der Waals surface area contributed by atoms with Gasteiger partial charge in [-0.2, -0.15) is 5.10 Å². The van der Waals surface area contributed by atoms with Crippen LogP contribution < -0.4 is 5.32 Å². The highest BCUT2D eigenvalue weighted by molar-refractivity contribution is 7.10. The molecule has 124 valence electrons. The summed E-state index contributed by atoms with van der Waals surface area (Å²) in [6.45, 7) is 6.04. The van der Waals surface area contributed by atoms with Gasteiger partial charge < -0.3 is 5.32 Å². The Hall–Kier alpha value is -2.47. The quantitative estimate of drug-likeness (QED) is 0.773. The van der Waals surface area contributed by atoms with Crippen LogP contribution in [0.15, 0.2) is 41.8 Å². The molecule has 0 aliphatic rings. The second-order valence-corrected chi connectivity index (χ2v) is 6.70. The average molecular weight is 340 g/mol. The predicted octanol–water partition coefficient (Wildman–Crippen LogP) is 3.50. The molecule has 0 saturated carbocycles. The molecule has 1 N–H and O–H groups in total. The highest BCUT2D eigenvalue weighted by atomic mass is 32.1. The van der Waals surface area contributed by atoms with Crippen LogP contribution in [0.2, 0.25) is 0 Å². The first-order valence-corrected chi connectivity index (χ1v) is 8.72. The smallest absolute Gasteiger partial charge is 0.242 e. The Kier molecular flexibility index (Phi) is 4.76. The topological polar surface area (TPSA) is 59.8 Å². The van der Waals surface area contributed by atoms with Gasteiger partial charge in [-0.25, -0.2) is 4.98 Å². The maximum atomic E-state index is 12.2. The monoisotopic (exact) mass is 340 g/mol. The van der Waals surface area contributed by atoms with E-state index in [1.54, 1.807) is 16.0 Å². The molecule has 5 nitrogen and oxygen atoms in total. The molecule has 2 heterocycles. The first-order chi connectivity index (χ1) is 11.5. The van der Waals surface area contributed by atoms with Gasteiger partial charge in [-0.1, -0.05) is 30.3 Å². The average Bonchev–Trinajstić information content (AvgIpc) is 3.15. The second-order valence-electron chi connectivity index (χ2n) is 5.81. The molecule has 0 spiro atoms. The maximum absolute atomic E-state index is 12.2. The van der Waals surface area contributed by atoms with E-state index in [-0.39, 0.29) is 18.5 Å². The number of carbonyl (C=O) groups is 1. The van der Waals surface area contributed by atoms with E-state index < -0.39 is 0 Å². The third-order valence-corrected chi connectivity index (χ3v) is 4.76. The van der Waals surface area contributed by atoms with E-state index in [1.165, 1.54) is 0 Å². The summed E-state index contributed by atoms with van der Waals surface area (Å²) in [6, 6.07) is 11.9. The van der Waals surface area contributed by atoms with E-state index in [1.807, 2.05) is 62.5 Å². The number of aryl methyl sites for hydroxylation is 2. The number of benzene rings is 1. The van der Waals surface area contributed by atoms with Crippen molar-refractivity contribution < 1.29 is 4.79 Å². The van der Waals surface area contributed by atoms with Gasteiger partial charge in [0.05, 0.1) is 17.4 Å². The van der Waals surface area contributed by atoms with Crippen molar-refractivity contribution in [1.82, 2.24) is 20.1 Å². The molecule has 2 aromatic heterocycles. The molecule has 0 aliphatic heterocycles. The number of nitrogens with one attached hydrogen (secondary N) is 1. The number of carbonyl (C=O) groups excluding carboxylic acids is 1. The predicted molar refractivity (Wildman–Crippen MR) is 95.8 cm³/mol. The first kappa shape index (κ1) is 16.4. The van der Waals surface area contributed by atoms with Crippen LogP contribution in [0, 0.1) is 13.8 Å².